The minimum Gasteiger partial charge on any atom is -0.393 e. The highest BCUT2D eigenvalue weighted by Gasteiger charge is 2.54. The van der Waals surface area contributed by atoms with Crippen molar-refractivity contribution in [2.45, 2.75) is 53.4 Å². The van der Waals surface area contributed by atoms with Crippen LogP contribution in [-0.4, -0.2) is 55.4 Å². The Bertz CT molecular complexity index is 915. The molecule has 1 unspecified atom stereocenters. The number of nitrogens with one attached hydrogen (secondary N) is 5. The normalized spacial score (nSPS) is 20.4. The van der Waals surface area contributed by atoms with Gasteiger partial charge >= 0.3 is 0 Å². The Balaban J connectivity index is 1.55. The number of allylic oxidation sites excluding steroid dienone is 1. The molecule has 3 rings (SSSR count). The van der Waals surface area contributed by atoms with Crippen molar-refractivity contribution in [2.75, 3.05) is 33.2 Å². The molecular formula is C27H42N6. The van der Waals surface area contributed by atoms with Gasteiger partial charge in [0.25, 0.3) is 0 Å². The third-order valence-corrected chi connectivity index (χ3v) is 7.34. The smallest absolute Gasteiger partial charge is 0.126 e. The quantitative estimate of drug-likeness (QED) is 0.280. The fourth-order valence-electron chi connectivity index (χ4n) is 4.95. The third-order valence-electron chi connectivity index (χ3n) is 7.34. The molecule has 2 fully saturated rings. The van der Waals surface area contributed by atoms with Crippen LogP contribution in [0.3, 0.4) is 0 Å². The van der Waals surface area contributed by atoms with Crippen LogP contribution in [0.2, 0.25) is 0 Å². The summed E-state index contributed by atoms with van der Waals surface area (Å²) in [4.78, 5) is 2.63. The molecule has 1 heterocycles. The van der Waals surface area contributed by atoms with Gasteiger partial charge in [-0.05, 0) is 69.0 Å². The Morgan fingerprint density at radius 2 is 1.76 bits per heavy atom. The predicted molar refractivity (Wildman–Crippen MR) is 139 cm³/mol. The summed E-state index contributed by atoms with van der Waals surface area (Å²) in [5.41, 5.74) is 3.41. The molecule has 33 heavy (non-hydrogen) atoms. The number of nitrogens with zero attached hydrogens (tertiary/aromatic N) is 1. The van der Waals surface area contributed by atoms with E-state index in [9.17, 15) is 0 Å². The number of rotatable bonds is 9. The maximum absolute atomic E-state index is 8.68. The van der Waals surface area contributed by atoms with Gasteiger partial charge in [0.05, 0.1) is 5.71 Å². The predicted octanol–water partition coefficient (Wildman–Crippen LogP) is 4.65. The second-order valence-electron chi connectivity index (χ2n) is 11.1. The molecule has 1 aliphatic heterocycles. The fourth-order valence-corrected chi connectivity index (χ4v) is 4.95. The van der Waals surface area contributed by atoms with E-state index in [1.807, 2.05) is 24.3 Å². The molecular weight excluding hydrogens is 408 g/mol. The van der Waals surface area contributed by atoms with E-state index in [-0.39, 0.29) is 5.71 Å². The molecule has 6 heteroatoms. The van der Waals surface area contributed by atoms with Crippen molar-refractivity contribution in [1.82, 2.24) is 15.5 Å². The van der Waals surface area contributed by atoms with Gasteiger partial charge in [0, 0.05) is 42.2 Å². The maximum atomic E-state index is 8.68. The van der Waals surface area contributed by atoms with Gasteiger partial charge in [-0.25, -0.2) is 0 Å². The Labute approximate surface area is 199 Å². The number of hydrogen-bond donors (Lipinski definition) is 5. The van der Waals surface area contributed by atoms with E-state index in [1.54, 1.807) is 20.2 Å². The highest BCUT2D eigenvalue weighted by atomic mass is 15.1. The summed E-state index contributed by atoms with van der Waals surface area (Å²) in [7, 11) is 1.77. The van der Waals surface area contributed by atoms with Crippen molar-refractivity contribution in [2.24, 2.45) is 16.7 Å². The van der Waals surface area contributed by atoms with Crippen LogP contribution in [0.25, 0.3) is 0 Å². The van der Waals surface area contributed by atoms with Gasteiger partial charge in [0.15, 0.2) is 0 Å². The van der Waals surface area contributed by atoms with Gasteiger partial charge in [0.2, 0.25) is 0 Å². The van der Waals surface area contributed by atoms with Gasteiger partial charge in [-0.15, -0.1) is 0 Å². The van der Waals surface area contributed by atoms with Crippen LogP contribution in [0.5, 0.6) is 0 Å². The number of hydrogen-bond acceptors (Lipinski definition) is 5. The first-order valence-corrected chi connectivity index (χ1v) is 12.2. The lowest BCUT2D eigenvalue weighted by atomic mass is 9.88. The molecule has 0 bridgehead atoms. The van der Waals surface area contributed by atoms with E-state index in [2.05, 4.69) is 36.3 Å². The van der Waals surface area contributed by atoms with Crippen molar-refractivity contribution in [3.05, 3.63) is 47.2 Å². The highest BCUT2D eigenvalue weighted by Crippen LogP contribution is 2.59. The van der Waals surface area contributed by atoms with Crippen LogP contribution in [0.1, 0.15) is 64.5 Å². The van der Waals surface area contributed by atoms with E-state index in [0.29, 0.717) is 39.4 Å². The number of likely N-dealkylation sites (tertiary alicyclic amines) is 1. The zero-order valence-electron chi connectivity index (χ0n) is 21.1. The standard InChI is InChI=1S/C27H42N6/c1-19(28)23(18-31-5)24(29)21-8-6-7-9-22(21)25(30)32-17-20-16-27(20)11-14-33(15-12-27)13-10-26(2,3)4/h6-9,18,20,28-29,31H,10-17H2,1-5H3,(H2,30,32)/b23-18+,28-19?,29-24?. The van der Waals surface area contributed by atoms with Crippen molar-refractivity contribution in [3.8, 4) is 0 Å². The summed E-state index contributed by atoms with van der Waals surface area (Å²) in [5.74, 6) is 1.00. The molecule has 1 aromatic rings. The Kier molecular flexibility index (Phi) is 7.78. The SMILES string of the molecule is CN/C=C(\C(C)=N)C(=N)c1ccccc1C(=N)NCC1CC12CCN(CCC(C)(C)C)CC2. The lowest BCUT2D eigenvalue weighted by molar-refractivity contribution is 0.146. The van der Waals surface area contributed by atoms with E-state index in [4.69, 9.17) is 16.2 Å². The zero-order valence-corrected chi connectivity index (χ0v) is 21.1. The molecule has 5 N–H and O–H groups in total. The first-order chi connectivity index (χ1) is 15.6. The van der Waals surface area contributed by atoms with E-state index in [1.165, 1.54) is 45.3 Å². The molecule has 0 aromatic heterocycles. The number of benzene rings is 1. The largest absolute Gasteiger partial charge is 0.393 e. The Morgan fingerprint density at radius 3 is 2.33 bits per heavy atom. The fraction of sp³-hybridized carbons (Fsp3) is 0.593. The van der Waals surface area contributed by atoms with Crippen molar-refractivity contribution in [3.63, 3.8) is 0 Å². The number of amidine groups is 1. The van der Waals surface area contributed by atoms with Crippen LogP contribution in [0, 0.1) is 33.0 Å². The lowest BCUT2D eigenvalue weighted by Crippen LogP contribution is -2.38. The van der Waals surface area contributed by atoms with Crippen molar-refractivity contribution < 1.29 is 0 Å². The number of piperidine rings is 1. The van der Waals surface area contributed by atoms with Gasteiger partial charge in [0.1, 0.15) is 5.84 Å². The Hall–Kier alpha value is -2.47. The molecule has 1 atom stereocenters. The second kappa shape index (κ2) is 10.2. The van der Waals surface area contributed by atoms with Gasteiger partial charge < -0.3 is 20.9 Å². The van der Waals surface area contributed by atoms with Gasteiger partial charge in [-0.1, -0.05) is 45.0 Å². The molecule has 6 nitrogen and oxygen atoms in total. The lowest BCUT2D eigenvalue weighted by Gasteiger charge is -2.34. The molecule has 180 valence electrons. The van der Waals surface area contributed by atoms with Crippen LogP contribution >= 0.6 is 0 Å². The minimum absolute atomic E-state index is 0.268. The zero-order chi connectivity index (χ0) is 24.2. The molecule has 1 aliphatic carbocycles. The summed E-state index contributed by atoms with van der Waals surface area (Å²) in [6, 6.07) is 7.56. The topological polar surface area (TPSA) is 98.9 Å². The average Bonchev–Trinajstić information content (AvgIpc) is 3.45. The van der Waals surface area contributed by atoms with E-state index < -0.39 is 0 Å². The molecule has 1 spiro atoms. The maximum Gasteiger partial charge on any atom is 0.126 e. The van der Waals surface area contributed by atoms with Crippen LogP contribution < -0.4 is 10.6 Å². The van der Waals surface area contributed by atoms with Gasteiger partial charge in [-0.3, -0.25) is 10.8 Å². The summed E-state index contributed by atoms with van der Waals surface area (Å²) in [6.07, 6.45) is 6.74. The monoisotopic (exact) mass is 450 g/mol. The van der Waals surface area contributed by atoms with Crippen LogP contribution in [-0.2, 0) is 0 Å². The van der Waals surface area contributed by atoms with Gasteiger partial charge in [-0.2, -0.15) is 0 Å². The van der Waals surface area contributed by atoms with Crippen LogP contribution in [0.15, 0.2) is 36.0 Å². The molecule has 0 radical (unpaired) electrons. The summed E-state index contributed by atoms with van der Waals surface area (Å²) >= 11 is 0. The molecule has 1 saturated carbocycles. The average molecular weight is 451 g/mol. The third kappa shape index (κ3) is 6.32. The Morgan fingerprint density at radius 1 is 1.12 bits per heavy atom. The van der Waals surface area contributed by atoms with Crippen molar-refractivity contribution in [1.29, 1.82) is 16.2 Å². The highest BCUT2D eigenvalue weighted by molar-refractivity contribution is 6.29. The minimum atomic E-state index is 0.268. The molecule has 0 amide bonds. The summed E-state index contributed by atoms with van der Waals surface area (Å²) < 4.78 is 0. The van der Waals surface area contributed by atoms with E-state index in [0.717, 1.165) is 12.1 Å². The first-order valence-electron chi connectivity index (χ1n) is 12.2. The summed E-state index contributed by atoms with van der Waals surface area (Å²) in [6.45, 7) is 13.1. The first kappa shape index (κ1) is 25.2. The molecule has 1 saturated heterocycles. The van der Waals surface area contributed by atoms with E-state index >= 15 is 0 Å². The van der Waals surface area contributed by atoms with Crippen molar-refractivity contribution >= 4 is 17.3 Å². The molecule has 2 aliphatic rings. The summed E-state index contributed by atoms with van der Waals surface area (Å²) in [5, 5.41) is 31.6. The van der Waals surface area contributed by atoms with Crippen LogP contribution in [0.4, 0.5) is 0 Å². The molecule has 1 aromatic carbocycles. The second-order valence-corrected chi connectivity index (χ2v) is 11.1.